The Morgan fingerprint density at radius 1 is 1.04 bits per heavy atom. The predicted molar refractivity (Wildman–Crippen MR) is 105 cm³/mol. The monoisotopic (exact) mass is 402 g/mol. The SMILES string of the molecule is CC1=C(CO[C@@H]([C@H](O)[C@H](O)CO)[C@H](O)CO)[C@@]2(C)CCC[C@](C)(CO)[C@@H]2CC1. The topological polar surface area (TPSA) is 131 Å². The standard InChI is InChI=1S/C21H38O7/c1-13-5-6-17-20(2,12-24)7-4-8-21(17,3)14(13)11-28-19(16(26)10-23)18(27)15(25)9-22/h15-19,22-27H,4-12H2,1-3H3/t15-,16-,17+,18-,19-,20-,21-/m1/s1. The average molecular weight is 403 g/mol. The van der Waals surface area contributed by atoms with Gasteiger partial charge < -0.3 is 35.4 Å². The van der Waals surface area contributed by atoms with E-state index in [1.807, 2.05) is 0 Å². The van der Waals surface area contributed by atoms with Gasteiger partial charge in [0.2, 0.25) is 0 Å². The highest BCUT2D eigenvalue weighted by Crippen LogP contribution is 2.59. The van der Waals surface area contributed by atoms with E-state index in [1.165, 1.54) is 5.57 Å². The Labute approximate surface area is 167 Å². The fraction of sp³-hybridized carbons (Fsp3) is 0.905. The molecular formula is C21H38O7. The normalized spacial score (nSPS) is 35.2. The molecule has 7 nitrogen and oxygen atoms in total. The van der Waals surface area contributed by atoms with Crippen molar-refractivity contribution in [1.82, 2.24) is 0 Å². The van der Waals surface area contributed by atoms with Gasteiger partial charge >= 0.3 is 0 Å². The fourth-order valence-corrected chi connectivity index (χ4v) is 5.53. The molecule has 0 heterocycles. The maximum Gasteiger partial charge on any atom is 0.114 e. The van der Waals surface area contributed by atoms with E-state index >= 15 is 0 Å². The quantitative estimate of drug-likeness (QED) is 0.307. The van der Waals surface area contributed by atoms with Gasteiger partial charge in [0.15, 0.2) is 0 Å². The lowest BCUT2D eigenvalue weighted by atomic mass is 9.50. The van der Waals surface area contributed by atoms with Crippen LogP contribution in [0.5, 0.6) is 0 Å². The van der Waals surface area contributed by atoms with Gasteiger partial charge in [-0.05, 0) is 54.9 Å². The minimum absolute atomic E-state index is 0.143. The molecule has 0 unspecified atom stereocenters. The summed E-state index contributed by atoms with van der Waals surface area (Å²) in [5.74, 6) is 0.315. The van der Waals surface area contributed by atoms with Gasteiger partial charge in [-0.3, -0.25) is 0 Å². The molecule has 0 amide bonds. The molecule has 28 heavy (non-hydrogen) atoms. The summed E-state index contributed by atoms with van der Waals surface area (Å²) in [5.41, 5.74) is 2.04. The first-order valence-corrected chi connectivity index (χ1v) is 10.3. The van der Waals surface area contributed by atoms with E-state index in [-0.39, 0.29) is 24.0 Å². The van der Waals surface area contributed by atoms with Gasteiger partial charge in [0, 0.05) is 6.61 Å². The maximum absolute atomic E-state index is 10.2. The second-order valence-electron chi connectivity index (χ2n) is 9.20. The molecule has 164 valence electrons. The summed E-state index contributed by atoms with van der Waals surface area (Å²) in [6.07, 6.45) is -0.681. The molecule has 1 saturated carbocycles. The summed E-state index contributed by atoms with van der Waals surface area (Å²) in [5, 5.41) is 58.5. The highest BCUT2D eigenvalue weighted by molar-refractivity contribution is 5.28. The third kappa shape index (κ3) is 4.46. The van der Waals surface area contributed by atoms with E-state index in [0.29, 0.717) is 5.92 Å². The second kappa shape index (κ2) is 9.51. The van der Waals surface area contributed by atoms with Crippen molar-refractivity contribution in [2.75, 3.05) is 26.4 Å². The fourth-order valence-electron chi connectivity index (χ4n) is 5.53. The summed E-state index contributed by atoms with van der Waals surface area (Å²) < 4.78 is 5.85. The first kappa shape index (κ1) is 23.7. The Morgan fingerprint density at radius 2 is 1.68 bits per heavy atom. The van der Waals surface area contributed by atoms with Crippen molar-refractivity contribution >= 4 is 0 Å². The molecule has 1 fully saturated rings. The van der Waals surface area contributed by atoms with E-state index in [2.05, 4.69) is 20.8 Å². The van der Waals surface area contributed by atoms with Gasteiger partial charge in [0.1, 0.15) is 24.4 Å². The van der Waals surface area contributed by atoms with Crippen LogP contribution in [0, 0.1) is 16.7 Å². The first-order chi connectivity index (χ1) is 13.1. The molecule has 0 aromatic rings. The van der Waals surface area contributed by atoms with Gasteiger partial charge in [-0.1, -0.05) is 25.8 Å². The second-order valence-corrected chi connectivity index (χ2v) is 9.20. The van der Waals surface area contributed by atoms with Crippen LogP contribution in [-0.4, -0.2) is 81.5 Å². The number of fused-ring (bicyclic) bond motifs is 1. The zero-order valence-electron chi connectivity index (χ0n) is 17.3. The number of ether oxygens (including phenoxy) is 1. The molecular weight excluding hydrogens is 364 g/mol. The smallest absolute Gasteiger partial charge is 0.114 e. The van der Waals surface area contributed by atoms with Crippen molar-refractivity contribution in [3.8, 4) is 0 Å². The van der Waals surface area contributed by atoms with Crippen LogP contribution >= 0.6 is 0 Å². The highest BCUT2D eigenvalue weighted by atomic mass is 16.5. The van der Waals surface area contributed by atoms with Crippen molar-refractivity contribution in [3.63, 3.8) is 0 Å². The lowest BCUT2D eigenvalue weighted by Gasteiger charge is -2.55. The number of aliphatic hydroxyl groups is 6. The van der Waals surface area contributed by atoms with Crippen molar-refractivity contribution in [2.45, 2.75) is 77.3 Å². The van der Waals surface area contributed by atoms with Crippen LogP contribution in [0.1, 0.15) is 52.9 Å². The van der Waals surface area contributed by atoms with Gasteiger partial charge in [0.25, 0.3) is 0 Å². The Balaban J connectivity index is 2.25. The van der Waals surface area contributed by atoms with Crippen LogP contribution in [0.2, 0.25) is 0 Å². The van der Waals surface area contributed by atoms with Gasteiger partial charge in [-0.2, -0.15) is 0 Å². The molecule has 0 bridgehead atoms. The van der Waals surface area contributed by atoms with Crippen LogP contribution < -0.4 is 0 Å². The predicted octanol–water partition coefficient (Wildman–Crippen LogP) is 0.354. The molecule has 0 radical (unpaired) electrons. The average Bonchev–Trinajstić information content (AvgIpc) is 2.68. The third-order valence-corrected chi connectivity index (χ3v) is 7.33. The molecule has 0 spiro atoms. The summed E-state index contributed by atoms with van der Waals surface area (Å²) in [6, 6.07) is 0. The largest absolute Gasteiger partial charge is 0.396 e. The van der Waals surface area contributed by atoms with Crippen LogP contribution in [0.25, 0.3) is 0 Å². The Bertz CT molecular complexity index is 551. The van der Waals surface area contributed by atoms with Crippen molar-refractivity contribution < 1.29 is 35.4 Å². The zero-order valence-corrected chi connectivity index (χ0v) is 17.3. The molecule has 2 aliphatic rings. The van der Waals surface area contributed by atoms with Gasteiger partial charge in [-0.15, -0.1) is 0 Å². The molecule has 6 N–H and O–H groups in total. The van der Waals surface area contributed by atoms with Crippen LogP contribution in [0.4, 0.5) is 0 Å². The Hall–Kier alpha value is -0.540. The van der Waals surface area contributed by atoms with Crippen molar-refractivity contribution in [3.05, 3.63) is 11.1 Å². The number of rotatable bonds is 9. The minimum Gasteiger partial charge on any atom is -0.396 e. The van der Waals surface area contributed by atoms with E-state index in [4.69, 9.17) is 9.84 Å². The number of aliphatic hydroxyl groups excluding tert-OH is 6. The Kier molecular flexibility index (Phi) is 8.06. The summed E-state index contributed by atoms with van der Waals surface area (Å²) in [4.78, 5) is 0. The lowest BCUT2D eigenvalue weighted by molar-refractivity contribution is -0.148. The van der Waals surface area contributed by atoms with Crippen LogP contribution in [0.3, 0.4) is 0 Å². The minimum atomic E-state index is -1.52. The summed E-state index contributed by atoms with van der Waals surface area (Å²) in [7, 11) is 0. The number of hydrogen-bond acceptors (Lipinski definition) is 7. The summed E-state index contributed by atoms with van der Waals surface area (Å²) in [6.45, 7) is 5.44. The molecule has 2 rings (SSSR count). The summed E-state index contributed by atoms with van der Waals surface area (Å²) >= 11 is 0. The van der Waals surface area contributed by atoms with Crippen molar-refractivity contribution in [1.29, 1.82) is 0 Å². The molecule has 0 aromatic carbocycles. The molecule has 0 aliphatic heterocycles. The van der Waals surface area contributed by atoms with Crippen molar-refractivity contribution in [2.24, 2.45) is 16.7 Å². The highest BCUT2D eigenvalue weighted by Gasteiger charge is 2.52. The van der Waals surface area contributed by atoms with Gasteiger partial charge in [0.05, 0.1) is 19.8 Å². The number of hydrogen-bond donors (Lipinski definition) is 6. The van der Waals surface area contributed by atoms with E-state index in [1.54, 1.807) is 0 Å². The van der Waals surface area contributed by atoms with Crippen LogP contribution in [-0.2, 0) is 4.74 Å². The molecule has 7 heteroatoms. The Morgan fingerprint density at radius 3 is 2.25 bits per heavy atom. The van der Waals surface area contributed by atoms with E-state index in [9.17, 15) is 25.5 Å². The molecule has 0 saturated heterocycles. The third-order valence-electron chi connectivity index (χ3n) is 7.33. The molecule has 0 aromatic heterocycles. The maximum atomic E-state index is 10.2. The first-order valence-electron chi connectivity index (χ1n) is 10.3. The zero-order chi connectivity index (χ0) is 21.1. The lowest BCUT2D eigenvalue weighted by Crippen LogP contribution is -2.51. The van der Waals surface area contributed by atoms with Crippen LogP contribution in [0.15, 0.2) is 11.1 Å². The van der Waals surface area contributed by atoms with E-state index in [0.717, 1.165) is 37.7 Å². The number of allylic oxidation sites excluding steroid dienone is 1. The molecule has 7 atom stereocenters. The molecule has 2 aliphatic carbocycles. The van der Waals surface area contributed by atoms with Gasteiger partial charge in [-0.25, -0.2) is 0 Å². The van der Waals surface area contributed by atoms with E-state index < -0.39 is 37.6 Å².